The Balaban J connectivity index is 2.05. The first-order chi connectivity index (χ1) is 26.8. The molecule has 0 saturated carbocycles. The molecule has 0 radical (unpaired) electrons. The number of carbonyl (C=O) groups is 6. The van der Waals surface area contributed by atoms with E-state index in [2.05, 4.69) is 0 Å². The topological polar surface area (TPSA) is 185 Å². The van der Waals surface area contributed by atoms with Crippen LogP contribution >= 0.6 is 0 Å². The van der Waals surface area contributed by atoms with Gasteiger partial charge in [0.05, 0.1) is 26.4 Å². The highest BCUT2D eigenvalue weighted by Crippen LogP contribution is 2.26. The summed E-state index contributed by atoms with van der Waals surface area (Å²) in [5.74, 6) is -0.760. The number of benzene rings is 2. The number of ether oxygens (including phenoxy) is 9. The predicted octanol–water partition coefficient (Wildman–Crippen LogP) is 8.63. The summed E-state index contributed by atoms with van der Waals surface area (Å²) in [5, 5.41) is 0. The van der Waals surface area contributed by atoms with E-state index in [1.165, 1.54) is 18.2 Å². The highest BCUT2D eigenvalue weighted by atomic mass is 16.7. The molecule has 0 aliphatic carbocycles. The standard InChI is InChI=1S/C41H54O15/c1-7-10-36(42)52-29(5)19-22-50-40(46)55-34-25-32(26-35(27-34)56-41(47)51-23-20-30(6)53-37(43)11-8-2)13-12-31-14-16-33(17-15-31)54-39(45)49-21-18-28(4)24-38(44)48-9-3/h12-17,25-30H,7-11,18-24H2,1-6H3/b13-12+/t28-,29-,30-/m1/s1. The summed E-state index contributed by atoms with van der Waals surface area (Å²) in [4.78, 5) is 72.2. The van der Waals surface area contributed by atoms with E-state index in [9.17, 15) is 28.8 Å². The van der Waals surface area contributed by atoms with E-state index < -0.39 is 30.7 Å². The van der Waals surface area contributed by atoms with Crippen molar-refractivity contribution in [2.45, 2.75) is 105 Å². The predicted molar refractivity (Wildman–Crippen MR) is 203 cm³/mol. The Morgan fingerprint density at radius 2 is 0.982 bits per heavy atom. The van der Waals surface area contributed by atoms with Crippen molar-refractivity contribution in [3.8, 4) is 17.2 Å². The third kappa shape index (κ3) is 20.7. The van der Waals surface area contributed by atoms with Gasteiger partial charge >= 0.3 is 36.4 Å². The highest BCUT2D eigenvalue weighted by molar-refractivity contribution is 5.74. The van der Waals surface area contributed by atoms with Crippen LogP contribution in [0.2, 0.25) is 0 Å². The van der Waals surface area contributed by atoms with Crippen molar-refractivity contribution in [2.24, 2.45) is 5.92 Å². The summed E-state index contributed by atoms with van der Waals surface area (Å²) in [6.45, 7) is 10.9. The second-order valence-electron chi connectivity index (χ2n) is 12.8. The van der Waals surface area contributed by atoms with Gasteiger partial charge in [0.1, 0.15) is 29.5 Å². The van der Waals surface area contributed by atoms with Gasteiger partial charge in [-0.3, -0.25) is 14.4 Å². The lowest BCUT2D eigenvalue weighted by Crippen LogP contribution is -2.19. The minimum atomic E-state index is -1.03. The Bertz CT molecular complexity index is 1520. The van der Waals surface area contributed by atoms with Gasteiger partial charge < -0.3 is 42.6 Å². The van der Waals surface area contributed by atoms with Crippen LogP contribution in [0.5, 0.6) is 17.2 Å². The number of hydrogen-bond donors (Lipinski definition) is 0. The molecule has 56 heavy (non-hydrogen) atoms. The van der Waals surface area contributed by atoms with Crippen LogP contribution in [0, 0.1) is 5.92 Å². The molecule has 3 atom stereocenters. The molecule has 0 amide bonds. The molecule has 0 heterocycles. The Labute approximate surface area is 327 Å². The summed E-state index contributed by atoms with van der Waals surface area (Å²) in [7, 11) is 0. The number of esters is 3. The maximum atomic E-state index is 12.5. The molecule has 0 aromatic heterocycles. The van der Waals surface area contributed by atoms with E-state index in [0.29, 0.717) is 49.8 Å². The quantitative estimate of drug-likeness (QED) is 0.0451. The molecule has 15 heteroatoms. The second kappa shape index (κ2) is 26.2. The van der Waals surface area contributed by atoms with Gasteiger partial charge in [-0.2, -0.15) is 0 Å². The number of carbonyl (C=O) groups excluding carboxylic acids is 6. The molecular formula is C41H54O15. The summed E-state index contributed by atoms with van der Waals surface area (Å²) in [6, 6.07) is 10.8. The third-order valence-corrected chi connectivity index (χ3v) is 7.57. The molecule has 0 fully saturated rings. The zero-order valence-corrected chi connectivity index (χ0v) is 33.0. The van der Waals surface area contributed by atoms with Crippen LogP contribution in [-0.4, -0.2) is 75.0 Å². The molecule has 308 valence electrons. The first-order valence-electron chi connectivity index (χ1n) is 18.8. The molecule has 0 aliphatic rings. The minimum absolute atomic E-state index is 0.00335. The summed E-state index contributed by atoms with van der Waals surface area (Å²) in [6.07, 6.45) is 2.62. The lowest BCUT2D eigenvalue weighted by Gasteiger charge is -2.14. The van der Waals surface area contributed by atoms with Crippen LogP contribution in [0.15, 0.2) is 42.5 Å². The van der Waals surface area contributed by atoms with Gasteiger partial charge in [-0.1, -0.05) is 45.1 Å². The molecule has 0 bridgehead atoms. The van der Waals surface area contributed by atoms with Crippen LogP contribution in [0.4, 0.5) is 14.4 Å². The fraction of sp³-hybridized carbons (Fsp3) is 0.512. The van der Waals surface area contributed by atoms with Crippen LogP contribution in [0.3, 0.4) is 0 Å². The van der Waals surface area contributed by atoms with E-state index >= 15 is 0 Å². The Morgan fingerprint density at radius 3 is 1.45 bits per heavy atom. The average Bonchev–Trinajstić information content (AvgIpc) is 3.11. The fourth-order valence-electron chi connectivity index (χ4n) is 4.68. The minimum Gasteiger partial charge on any atom is -0.466 e. The first kappa shape index (κ1) is 46.6. The van der Waals surface area contributed by atoms with Crippen molar-refractivity contribution >= 4 is 48.5 Å². The third-order valence-electron chi connectivity index (χ3n) is 7.57. The van der Waals surface area contributed by atoms with E-state index in [1.54, 1.807) is 57.2 Å². The summed E-state index contributed by atoms with van der Waals surface area (Å²) < 4.78 is 46.8. The number of rotatable bonds is 23. The molecule has 0 unspecified atom stereocenters. The first-order valence-corrected chi connectivity index (χ1v) is 18.8. The zero-order valence-electron chi connectivity index (χ0n) is 33.0. The average molecular weight is 787 g/mol. The maximum absolute atomic E-state index is 12.5. The molecule has 0 N–H and O–H groups in total. The molecule has 2 aromatic rings. The summed E-state index contributed by atoms with van der Waals surface area (Å²) >= 11 is 0. The van der Waals surface area contributed by atoms with Gasteiger partial charge in [-0.05, 0) is 81.3 Å². The molecule has 15 nitrogen and oxygen atoms in total. The molecule has 0 spiro atoms. The largest absolute Gasteiger partial charge is 0.513 e. The van der Waals surface area contributed by atoms with Crippen molar-refractivity contribution in [1.82, 2.24) is 0 Å². The second-order valence-corrected chi connectivity index (χ2v) is 12.8. The molecule has 2 rings (SSSR count). The Morgan fingerprint density at radius 1 is 0.536 bits per heavy atom. The van der Waals surface area contributed by atoms with Crippen LogP contribution in [-0.2, 0) is 42.8 Å². The lowest BCUT2D eigenvalue weighted by atomic mass is 10.1. The Kier molecular flexibility index (Phi) is 21.8. The van der Waals surface area contributed by atoms with E-state index in [-0.39, 0.29) is 80.2 Å². The fourth-order valence-corrected chi connectivity index (χ4v) is 4.68. The van der Waals surface area contributed by atoms with Crippen molar-refractivity contribution in [2.75, 3.05) is 26.4 Å². The van der Waals surface area contributed by atoms with Gasteiger partial charge in [0, 0.05) is 38.2 Å². The van der Waals surface area contributed by atoms with Gasteiger partial charge in [0.15, 0.2) is 0 Å². The van der Waals surface area contributed by atoms with E-state index in [1.807, 2.05) is 20.8 Å². The lowest BCUT2D eigenvalue weighted by molar-refractivity contribution is -0.149. The van der Waals surface area contributed by atoms with Crippen molar-refractivity contribution in [3.05, 3.63) is 53.6 Å². The monoisotopic (exact) mass is 786 g/mol. The van der Waals surface area contributed by atoms with E-state index in [4.69, 9.17) is 42.6 Å². The molecule has 2 aromatic carbocycles. The van der Waals surface area contributed by atoms with Crippen LogP contribution in [0.25, 0.3) is 12.2 Å². The van der Waals surface area contributed by atoms with Crippen LogP contribution in [0.1, 0.15) is 104 Å². The van der Waals surface area contributed by atoms with Gasteiger partial charge in [0.25, 0.3) is 0 Å². The smallest absolute Gasteiger partial charge is 0.466 e. The molecular weight excluding hydrogens is 732 g/mol. The molecule has 0 aliphatic heterocycles. The normalized spacial score (nSPS) is 12.4. The van der Waals surface area contributed by atoms with E-state index in [0.717, 1.165) is 0 Å². The van der Waals surface area contributed by atoms with Crippen molar-refractivity contribution in [3.63, 3.8) is 0 Å². The van der Waals surface area contributed by atoms with Gasteiger partial charge in [-0.25, -0.2) is 14.4 Å². The zero-order chi connectivity index (χ0) is 41.3. The van der Waals surface area contributed by atoms with Crippen LogP contribution < -0.4 is 14.2 Å². The number of hydrogen-bond acceptors (Lipinski definition) is 15. The van der Waals surface area contributed by atoms with Crippen molar-refractivity contribution in [1.29, 1.82) is 0 Å². The SMILES string of the molecule is CCCC(=O)O[C@H](C)CCOC(=O)Oc1cc(/C=C/c2ccc(OC(=O)OCC[C@@H](C)CC(=O)OCC)cc2)cc(OC(=O)OCC[C@@H](C)OC(=O)CCC)c1. The maximum Gasteiger partial charge on any atom is 0.513 e. The van der Waals surface area contributed by atoms with Gasteiger partial charge in [-0.15, -0.1) is 0 Å². The molecule has 0 saturated heterocycles. The highest BCUT2D eigenvalue weighted by Gasteiger charge is 2.16. The Hall–Kier alpha value is -5.60. The van der Waals surface area contributed by atoms with Gasteiger partial charge in [0.2, 0.25) is 0 Å². The van der Waals surface area contributed by atoms with Crippen molar-refractivity contribution < 1.29 is 71.4 Å². The summed E-state index contributed by atoms with van der Waals surface area (Å²) in [5.41, 5.74) is 1.17.